The van der Waals surface area contributed by atoms with E-state index >= 15 is 0 Å². The average Bonchev–Trinajstić information content (AvgIpc) is 3.03. The smallest absolute Gasteiger partial charge is 0.118 e. The zero-order valence-corrected chi connectivity index (χ0v) is 29.4. The van der Waals surface area contributed by atoms with Gasteiger partial charge in [0.05, 0.1) is 0 Å². The molecule has 0 unspecified atom stereocenters. The van der Waals surface area contributed by atoms with Crippen LogP contribution in [-0.2, 0) is 10.8 Å². The normalized spacial score (nSPS) is 19.2. The van der Waals surface area contributed by atoms with Crippen LogP contribution in [0.2, 0.25) is 0 Å². The van der Waals surface area contributed by atoms with Crippen molar-refractivity contribution in [3.63, 3.8) is 0 Å². The van der Waals surface area contributed by atoms with Gasteiger partial charge in [-0.2, -0.15) is 0 Å². The molecule has 4 aromatic rings. The molecule has 0 aromatic heterocycles. The van der Waals surface area contributed by atoms with Gasteiger partial charge in [0.15, 0.2) is 0 Å². The van der Waals surface area contributed by atoms with Gasteiger partial charge < -0.3 is 20.4 Å². The summed E-state index contributed by atoms with van der Waals surface area (Å²) in [6, 6.07) is 24.8. The Balaban J connectivity index is 1.58. The standard InChI is InChI=1S/C44H54O4/c1-29-23-35(13-17-39(29)45)43(36-14-18-40(46)30(2)24-36)21-10-22-44(37-15-19-41(47)31(3)25-37,38-16-20-42(48)32(4)26-38)28-34(27-43)33-11-8-6-5-7-9-12-33/h13-20,23-26,33-34,45-48H,5-12,21-22,27-28H2,1-4H3. The molecule has 0 radical (unpaired) electrons. The second-order valence-corrected chi connectivity index (χ2v) is 15.3. The van der Waals surface area contributed by atoms with E-state index < -0.39 is 0 Å². The Labute approximate surface area is 287 Å². The fraction of sp³-hybridized carbons (Fsp3) is 0.455. The SMILES string of the molecule is Cc1cc(C2(c3ccc(O)c(C)c3)CCCC(c3ccc(O)c(C)c3)(c3ccc(O)c(C)c3)CC(C3CCCCCCC3)C2)ccc1O. The van der Waals surface area contributed by atoms with Crippen LogP contribution in [0.3, 0.4) is 0 Å². The molecule has 4 nitrogen and oxygen atoms in total. The summed E-state index contributed by atoms with van der Waals surface area (Å²) in [5, 5.41) is 42.5. The van der Waals surface area contributed by atoms with Crippen molar-refractivity contribution in [3.05, 3.63) is 117 Å². The Kier molecular flexibility index (Phi) is 9.83. The van der Waals surface area contributed by atoms with Crippen LogP contribution in [0.15, 0.2) is 72.8 Å². The van der Waals surface area contributed by atoms with Gasteiger partial charge >= 0.3 is 0 Å². The first kappa shape index (κ1) is 34.0. The molecule has 0 aliphatic heterocycles. The van der Waals surface area contributed by atoms with Crippen LogP contribution in [0.4, 0.5) is 0 Å². The lowest BCUT2D eigenvalue weighted by Crippen LogP contribution is -2.41. The highest BCUT2D eigenvalue weighted by atomic mass is 16.3. The van der Waals surface area contributed by atoms with Crippen LogP contribution >= 0.6 is 0 Å². The number of aryl methyl sites for hydroxylation is 4. The number of hydrogen-bond acceptors (Lipinski definition) is 4. The van der Waals surface area contributed by atoms with Gasteiger partial charge in [0.2, 0.25) is 0 Å². The van der Waals surface area contributed by atoms with Gasteiger partial charge in [-0.05, 0) is 134 Å². The van der Waals surface area contributed by atoms with Gasteiger partial charge in [-0.1, -0.05) is 99.9 Å². The summed E-state index contributed by atoms with van der Waals surface area (Å²) in [6.45, 7) is 7.98. The van der Waals surface area contributed by atoms with E-state index in [1.54, 1.807) is 0 Å². The zero-order valence-electron chi connectivity index (χ0n) is 29.4. The zero-order chi connectivity index (χ0) is 34.1. The van der Waals surface area contributed by atoms with Crippen LogP contribution in [0.5, 0.6) is 23.0 Å². The minimum absolute atomic E-state index is 0.286. The molecule has 2 fully saturated rings. The van der Waals surface area contributed by atoms with Gasteiger partial charge in [-0.25, -0.2) is 0 Å². The fourth-order valence-electron chi connectivity index (χ4n) is 9.35. The van der Waals surface area contributed by atoms with E-state index in [4.69, 9.17) is 0 Å². The third kappa shape index (κ3) is 6.56. The molecule has 0 saturated heterocycles. The molecule has 0 spiro atoms. The quantitative estimate of drug-likeness (QED) is 0.174. The summed E-state index contributed by atoms with van der Waals surface area (Å²) >= 11 is 0. The maximum Gasteiger partial charge on any atom is 0.118 e. The maximum absolute atomic E-state index is 10.6. The lowest BCUT2D eigenvalue weighted by molar-refractivity contribution is 0.152. The van der Waals surface area contributed by atoms with E-state index in [1.165, 1.54) is 67.2 Å². The van der Waals surface area contributed by atoms with E-state index in [2.05, 4.69) is 48.5 Å². The lowest BCUT2D eigenvalue weighted by atomic mass is 9.55. The molecule has 4 heteroatoms. The molecule has 0 bridgehead atoms. The van der Waals surface area contributed by atoms with Crippen molar-refractivity contribution in [1.82, 2.24) is 0 Å². The molecule has 0 amide bonds. The van der Waals surface area contributed by atoms with Crippen LogP contribution in [0.25, 0.3) is 0 Å². The second-order valence-electron chi connectivity index (χ2n) is 15.3. The van der Waals surface area contributed by atoms with Crippen molar-refractivity contribution in [2.75, 3.05) is 0 Å². The highest BCUT2D eigenvalue weighted by Gasteiger charge is 2.46. The molecule has 4 N–H and O–H groups in total. The van der Waals surface area contributed by atoms with E-state index in [9.17, 15) is 20.4 Å². The highest BCUT2D eigenvalue weighted by molar-refractivity contribution is 5.50. The van der Waals surface area contributed by atoms with Crippen LogP contribution < -0.4 is 0 Å². The Bertz CT molecular complexity index is 1530. The van der Waals surface area contributed by atoms with Crippen molar-refractivity contribution in [3.8, 4) is 23.0 Å². The molecule has 2 aliphatic carbocycles. The topological polar surface area (TPSA) is 80.9 Å². The van der Waals surface area contributed by atoms with E-state index in [0.29, 0.717) is 34.8 Å². The molecule has 4 aromatic carbocycles. The van der Waals surface area contributed by atoms with E-state index in [1.807, 2.05) is 52.0 Å². The lowest BCUT2D eigenvalue weighted by Gasteiger charge is -2.48. The van der Waals surface area contributed by atoms with Crippen LogP contribution in [-0.4, -0.2) is 20.4 Å². The highest BCUT2D eigenvalue weighted by Crippen LogP contribution is 2.55. The largest absolute Gasteiger partial charge is 0.508 e. The summed E-state index contributed by atoms with van der Waals surface area (Å²) in [5.41, 5.74) is 7.96. The van der Waals surface area contributed by atoms with Gasteiger partial charge in [0.25, 0.3) is 0 Å². The summed E-state index contributed by atoms with van der Waals surface area (Å²) in [5.74, 6) is 2.24. The molecule has 6 rings (SSSR count). The van der Waals surface area contributed by atoms with Gasteiger partial charge in [-0.3, -0.25) is 0 Å². The predicted molar refractivity (Wildman–Crippen MR) is 195 cm³/mol. The first-order valence-corrected chi connectivity index (χ1v) is 18.2. The Hall–Kier alpha value is -3.92. The number of benzene rings is 4. The average molecular weight is 647 g/mol. The number of aromatic hydroxyl groups is 4. The van der Waals surface area contributed by atoms with Crippen molar-refractivity contribution in [1.29, 1.82) is 0 Å². The van der Waals surface area contributed by atoms with Gasteiger partial charge in [0, 0.05) is 10.8 Å². The number of phenolic OH excluding ortho intramolecular Hbond substituents is 4. The first-order chi connectivity index (χ1) is 23.0. The molecule has 48 heavy (non-hydrogen) atoms. The molecule has 2 aliphatic rings. The predicted octanol–water partition coefficient (Wildman–Crippen LogP) is 11.0. The van der Waals surface area contributed by atoms with Gasteiger partial charge in [-0.15, -0.1) is 0 Å². The molecule has 0 atom stereocenters. The third-order valence-corrected chi connectivity index (χ3v) is 12.2. The Morgan fingerprint density at radius 2 is 0.729 bits per heavy atom. The van der Waals surface area contributed by atoms with E-state index in [0.717, 1.165) is 54.4 Å². The van der Waals surface area contributed by atoms with E-state index in [-0.39, 0.29) is 10.8 Å². The van der Waals surface area contributed by atoms with Crippen LogP contribution in [0.1, 0.15) is 122 Å². The molecule has 2 saturated carbocycles. The minimum Gasteiger partial charge on any atom is -0.508 e. The number of hydrogen-bond donors (Lipinski definition) is 4. The molecular formula is C44H54O4. The Morgan fingerprint density at radius 1 is 0.417 bits per heavy atom. The molecular weight excluding hydrogens is 592 g/mol. The number of phenols is 4. The molecule has 254 valence electrons. The molecule has 0 heterocycles. The fourth-order valence-corrected chi connectivity index (χ4v) is 9.35. The van der Waals surface area contributed by atoms with Crippen molar-refractivity contribution in [2.24, 2.45) is 11.8 Å². The summed E-state index contributed by atoms with van der Waals surface area (Å²) in [6.07, 6.45) is 13.6. The first-order valence-electron chi connectivity index (χ1n) is 18.2. The van der Waals surface area contributed by atoms with Crippen molar-refractivity contribution in [2.45, 2.75) is 116 Å². The third-order valence-electron chi connectivity index (χ3n) is 12.2. The van der Waals surface area contributed by atoms with Crippen LogP contribution in [0, 0.1) is 39.5 Å². The summed E-state index contributed by atoms with van der Waals surface area (Å²) in [7, 11) is 0. The Morgan fingerprint density at radius 3 is 1.04 bits per heavy atom. The maximum atomic E-state index is 10.6. The minimum atomic E-state index is -0.286. The monoisotopic (exact) mass is 646 g/mol. The second kappa shape index (κ2) is 13.9. The summed E-state index contributed by atoms with van der Waals surface area (Å²) in [4.78, 5) is 0. The van der Waals surface area contributed by atoms with Crippen molar-refractivity contribution >= 4 is 0 Å². The van der Waals surface area contributed by atoms with Gasteiger partial charge in [0.1, 0.15) is 23.0 Å². The summed E-state index contributed by atoms with van der Waals surface area (Å²) < 4.78 is 0. The van der Waals surface area contributed by atoms with Crippen molar-refractivity contribution < 1.29 is 20.4 Å². The number of rotatable bonds is 5.